The highest BCUT2D eigenvalue weighted by atomic mass is 33.1. The summed E-state index contributed by atoms with van der Waals surface area (Å²) in [7, 11) is 3.62. The van der Waals surface area contributed by atoms with Crippen LogP contribution in [0.3, 0.4) is 0 Å². The SMILES string of the molecule is CC(C)(C)OC(=O)CC(NC(=O)CCCCCN=[N+]=[N-])C(=O)SCCC(=O)NCCCCC1(N)CSSC1. The molecule has 216 valence electrons. The molecule has 1 rings (SSSR count). The van der Waals surface area contributed by atoms with Gasteiger partial charge in [-0.15, -0.1) is 0 Å². The highest BCUT2D eigenvalue weighted by Gasteiger charge is 2.30. The fourth-order valence-electron chi connectivity index (χ4n) is 3.47. The van der Waals surface area contributed by atoms with Crippen molar-refractivity contribution >= 4 is 56.2 Å². The summed E-state index contributed by atoms with van der Waals surface area (Å²) < 4.78 is 5.32. The Bertz CT molecular complexity index is 827. The highest BCUT2D eigenvalue weighted by molar-refractivity contribution is 8.77. The molecule has 0 aromatic carbocycles. The van der Waals surface area contributed by atoms with Gasteiger partial charge in [-0.2, -0.15) is 0 Å². The van der Waals surface area contributed by atoms with Crippen LogP contribution in [-0.2, 0) is 23.9 Å². The van der Waals surface area contributed by atoms with E-state index in [4.69, 9.17) is 16.0 Å². The van der Waals surface area contributed by atoms with Gasteiger partial charge in [-0.1, -0.05) is 44.9 Å². The molecule has 4 N–H and O–H groups in total. The molecule has 11 nitrogen and oxygen atoms in total. The van der Waals surface area contributed by atoms with Gasteiger partial charge in [0.05, 0.1) is 6.42 Å². The van der Waals surface area contributed by atoms with E-state index in [1.54, 1.807) is 20.8 Å². The Kier molecular flexibility index (Phi) is 16.9. The van der Waals surface area contributed by atoms with Crippen molar-refractivity contribution in [2.45, 2.75) is 95.7 Å². The quantitative estimate of drug-likeness (QED) is 0.0529. The molecular formula is C24H42N6O5S3. The summed E-state index contributed by atoms with van der Waals surface area (Å²) in [6, 6.07) is -1.04. The van der Waals surface area contributed by atoms with Gasteiger partial charge < -0.3 is 21.1 Å². The van der Waals surface area contributed by atoms with Crippen LogP contribution in [0.4, 0.5) is 0 Å². The first-order chi connectivity index (χ1) is 17.9. The molecule has 0 aliphatic carbocycles. The second-order valence-corrected chi connectivity index (χ2v) is 13.8. The first-order valence-electron chi connectivity index (χ1n) is 12.9. The second kappa shape index (κ2) is 18.6. The van der Waals surface area contributed by atoms with E-state index in [9.17, 15) is 19.2 Å². The number of azide groups is 1. The fraction of sp³-hybridized carbons (Fsp3) is 0.833. The summed E-state index contributed by atoms with van der Waals surface area (Å²) in [5.74, 6) is 1.09. The largest absolute Gasteiger partial charge is 0.460 e. The molecule has 1 fully saturated rings. The predicted molar refractivity (Wildman–Crippen MR) is 156 cm³/mol. The van der Waals surface area contributed by atoms with E-state index in [2.05, 4.69) is 20.7 Å². The van der Waals surface area contributed by atoms with Crippen molar-refractivity contribution in [3.8, 4) is 0 Å². The zero-order valence-corrected chi connectivity index (χ0v) is 25.1. The average molecular weight is 591 g/mol. The fourth-order valence-corrected chi connectivity index (χ4v) is 7.46. The van der Waals surface area contributed by atoms with Gasteiger partial charge in [-0.05, 0) is 58.4 Å². The Morgan fingerprint density at radius 2 is 1.79 bits per heavy atom. The van der Waals surface area contributed by atoms with Crippen LogP contribution in [0.1, 0.15) is 78.6 Å². The summed E-state index contributed by atoms with van der Waals surface area (Å²) >= 11 is 0.922. The first-order valence-corrected chi connectivity index (χ1v) is 16.4. The molecule has 0 saturated carbocycles. The minimum absolute atomic E-state index is 0.102. The molecule has 1 heterocycles. The Balaban J connectivity index is 2.41. The number of carbonyl (C=O) groups is 4. The molecule has 0 aromatic heterocycles. The van der Waals surface area contributed by atoms with Crippen molar-refractivity contribution in [1.82, 2.24) is 10.6 Å². The van der Waals surface area contributed by atoms with E-state index < -0.39 is 17.6 Å². The monoisotopic (exact) mass is 590 g/mol. The number of ether oxygens (including phenoxy) is 1. The Hall–Kier alpha value is -1.60. The predicted octanol–water partition coefficient (Wildman–Crippen LogP) is 4.10. The third kappa shape index (κ3) is 17.1. The van der Waals surface area contributed by atoms with Crippen LogP contribution in [0.15, 0.2) is 5.11 Å². The van der Waals surface area contributed by atoms with Gasteiger partial charge in [0.25, 0.3) is 0 Å². The number of hydrogen-bond donors (Lipinski definition) is 3. The van der Waals surface area contributed by atoms with E-state index >= 15 is 0 Å². The Morgan fingerprint density at radius 3 is 2.45 bits per heavy atom. The first kappa shape index (κ1) is 34.4. The molecule has 38 heavy (non-hydrogen) atoms. The number of nitrogens with zero attached hydrogens (tertiary/aromatic N) is 3. The smallest absolute Gasteiger partial charge is 0.308 e. The number of nitrogens with two attached hydrogens (primary N) is 1. The lowest BCUT2D eigenvalue weighted by molar-refractivity contribution is -0.156. The van der Waals surface area contributed by atoms with Gasteiger partial charge >= 0.3 is 5.97 Å². The molecule has 0 spiro atoms. The molecule has 1 aliphatic rings. The highest BCUT2D eigenvalue weighted by Crippen LogP contribution is 2.38. The number of nitrogens with one attached hydrogen (secondary N) is 2. The summed E-state index contributed by atoms with van der Waals surface area (Å²) in [6.45, 7) is 6.11. The number of thioether (sulfide) groups is 1. The summed E-state index contributed by atoms with van der Waals surface area (Å²) in [6.07, 6.45) is 4.73. The van der Waals surface area contributed by atoms with Crippen molar-refractivity contribution in [3.63, 3.8) is 0 Å². The van der Waals surface area contributed by atoms with Crippen LogP contribution in [0, 0.1) is 0 Å². The molecule has 1 aliphatic heterocycles. The van der Waals surface area contributed by atoms with E-state index in [1.165, 1.54) is 0 Å². The standard InChI is InChI=1S/C24H42N6O5S3/c1-23(2,3)35-21(33)15-18(29-20(32)9-5-4-7-13-28-30-26)22(34)36-14-10-19(31)27-12-8-6-11-24(25)16-37-38-17-24/h18H,4-17,25H2,1-3H3,(H,27,31)(H,29,32). The van der Waals surface area contributed by atoms with Gasteiger partial charge in [0.1, 0.15) is 11.6 Å². The molecule has 0 radical (unpaired) electrons. The number of unbranched alkanes of at least 4 members (excludes halogenated alkanes) is 3. The van der Waals surface area contributed by atoms with Crippen LogP contribution in [0.5, 0.6) is 0 Å². The minimum Gasteiger partial charge on any atom is -0.460 e. The van der Waals surface area contributed by atoms with Crippen LogP contribution in [0.2, 0.25) is 0 Å². The maximum Gasteiger partial charge on any atom is 0.308 e. The van der Waals surface area contributed by atoms with Crippen molar-refractivity contribution in [1.29, 1.82) is 0 Å². The molecule has 14 heteroatoms. The van der Waals surface area contributed by atoms with Crippen molar-refractivity contribution in [2.75, 3.05) is 30.3 Å². The van der Waals surface area contributed by atoms with Gasteiger partial charge in [0.2, 0.25) is 16.9 Å². The number of carbonyl (C=O) groups excluding carboxylic acids is 4. The van der Waals surface area contributed by atoms with Gasteiger partial charge in [-0.3, -0.25) is 19.2 Å². The van der Waals surface area contributed by atoms with Gasteiger partial charge in [0.15, 0.2) is 0 Å². The summed E-state index contributed by atoms with van der Waals surface area (Å²) in [4.78, 5) is 52.4. The molecule has 0 bridgehead atoms. The van der Waals surface area contributed by atoms with Crippen molar-refractivity contribution in [2.24, 2.45) is 10.8 Å². The Morgan fingerprint density at radius 1 is 1.08 bits per heavy atom. The second-order valence-electron chi connectivity index (χ2n) is 10.3. The number of rotatable bonds is 18. The molecule has 0 aromatic rings. The number of amides is 2. The zero-order valence-electron chi connectivity index (χ0n) is 22.7. The third-order valence-corrected chi connectivity index (χ3v) is 9.15. The summed E-state index contributed by atoms with van der Waals surface area (Å²) in [5.41, 5.74) is 13.8. The molecular weight excluding hydrogens is 549 g/mol. The lowest BCUT2D eigenvalue weighted by Gasteiger charge is -2.22. The maximum atomic E-state index is 12.8. The van der Waals surface area contributed by atoms with Crippen LogP contribution in [-0.4, -0.2) is 70.4 Å². The number of hydrogen-bond acceptors (Lipinski definition) is 10. The minimum atomic E-state index is -1.04. The van der Waals surface area contributed by atoms with Crippen molar-refractivity contribution < 1.29 is 23.9 Å². The zero-order chi connectivity index (χ0) is 28.4. The van der Waals surface area contributed by atoms with Gasteiger partial charge in [-0.25, -0.2) is 0 Å². The van der Waals surface area contributed by atoms with Crippen LogP contribution >= 0.6 is 33.3 Å². The maximum absolute atomic E-state index is 12.8. The molecule has 2 amide bonds. The lowest BCUT2D eigenvalue weighted by atomic mass is 9.98. The lowest BCUT2D eigenvalue weighted by Crippen LogP contribution is -2.42. The van der Waals surface area contributed by atoms with E-state index in [0.717, 1.165) is 42.5 Å². The van der Waals surface area contributed by atoms with E-state index in [0.29, 0.717) is 32.4 Å². The van der Waals surface area contributed by atoms with E-state index in [-0.39, 0.29) is 47.5 Å². The van der Waals surface area contributed by atoms with Crippen LogP contribution < -0.4 is 16.4 Å². The van der Waals surface area contributed by atoms with Gasteiger partial charge in [0, 0.05) is 53.6 Å². The molecule has 1 unspecified atom stereocenters. The number of esters is 1. The molecule has 1 saturated heterocycles. The topological polar surface area (TPSA) is 176 Å². The molecule has 1 atom stereocenters. The van der Waals surface area contributed by atoms with E-state index in [1.807, 2.05) is 21.6 Å². The summed E-state index contributed by atoms with van der Waals surface area (Å²) in [5, 5.41) is 8.58. The average Bonchev–Trinajstić information content (AvgIpc) is 3.25. The van der Waals surface area contributed by atoms with Crippen molar-refractivity contribution in [3.05, 3.63) is 10.4 Å². The Labute approximate surface area is 237 Å². The normalized spacial score (nSPS) is 15.3. The third-order valence-electron chi connectivity index (χ3n) is 5.41. The van der Waals surface area contributed by atoms with Crippen LogP contribution in [0.25, 0.3) is 10.4 Å².